The van der Waals surface area contributed by atoms with Gasteiger partial charge < -0.3 is 10.2 Å². The maximum absolute atomic E-state index is 11.9. The topological polar surface area (TPSA) is 59.3 Å². The van der Waals surface area contributed by atoms with Gasteiger partial charge in [-0.15, -0.1) is 0 Å². The molecule has 2 aliphatic rings. The average molecular weight is 292 g/mol. The van der Waals surface area contributed by atoms with Gasteiger partial charge in [0.05, 0.1) is 0 Å². The number of rotatable bonds is 3. The largest absolute Gasteiger partial charge is 0.330 e. The number of fused-ring (bicyclic) bond motifs is 1. The smallest absolute Gasteiger partial charge is 0.308 e. The fourth-order valence-electron chi connectivity index (χ4n) is 3.61. The number of hydrogen-bond donors (Lipinski definition) is 1. The van der Waals surface area contributed by atoms with Crippen molar-refractivity contribution in [3.63, 3.8) is 0 Å². The van der Waals surface area contributed by atoms with Crippen LogP contribution in [0.5, 0.6) is 0 Å². The van der Waals surface area contributed by atoms with Crippen LogP contribution in [0.25, 0.3) is 0 Å². The van der Waals surface area contributed by atoms with Crippen molar-refractivity contribution in [2.75, 3.05) is 13.1 Å². The molecular weight excluding hydrogens is 268 g/mol. The lowest BCUT2D eigenvalue weighted by atomic mass is 9.97. The Bertz CT molecular complexity index is 634. The van der Waals surface area contributed by atoms with Crippen LogP contribution < -0.4 is 16.6 Å². The molecule has 3 heterocycles. The molecule has 21 heavy (non-hydrogen) atoms. The Kier molecular flexibility index (Phi) is 3.99. The molecule has 0 saturated carbocycles. The van der Waals surface area contributed by atoms with E-state index in [1.807, 2.05) is 0 Å². The summed E-state index contributed by atoms with van der Waals surface area (Å²) in [5.41, 5.74) is 0.266. The van der Waals surface area contributed by atoms with Crippen LogP contribution in [-0.2, 0) is 20.6 Å². The standard InChI is InChI=1S/C15H24N4O2/c1-17-13(9-14(20)18(2)15(17)21)10-16-11-5-7-19-6-3-4-12(19)8-11/h9,11-12,16H,3-8,10H2,1-2H3. The second kappa shape index (κ2) is 5.77. The maximum Gasteiger partial charge on any atom is 0.330 e. The van der Waals surface area contributed by atoms with Gasteiger partial charge in [0.1, 0.15) is 0 Å². The second-order valence-electron chi connectivity index (χ2n) is 6.31. The highest BCUT2D eigenvalue weighted by atomic mass is 16.2. The zero-order valence-electron chi connectivity index (χ0n) is 12.8. The number of nitrogens with one attached hydrogen (secondary N) is 1. The summed E-state index contributed by atoms with van der Waals surface area (Å²) in [5.74, 6) is 0. The summed E-state index contributed by atoms with van der Waals surface area (Å²) in [6.07, 6.45) is 4.96. The van der Waals surface area contributed by atoms with E-state index in [2.05, 4.69) is 10.2 Å². The molecule has 2 fully saturated rings. The first-order valence-corrected chi connectivity index (χ1v) is 7.79. The van der Waals surface area contributed by atoms with Crippen LogP contribution in [-0.4, -0.2) is 39.2 Å². The van der Waals surface area contributed by atoms with E-state index in [0.717, 1.165) is 29.3 Å². The van der Waals surface area contributed by atoms with Crippen molar-refractivity contribution in [3.05, 3.63) is 32.6 Å². The molecule has 116 valence electrons. The highest BCUT2D eigenvalue weighted by Crippen LogP contribution is 2.26. The lowest BCUT2D eigenvalue weighted by Gasteiger charge is -2.35. The quantitative estimate of drug-likeness (QED) is 0.838. The van der Waals surface area contributed by atoms with Gasteiger partial charge in [0, 0.05) is 44.5 Å². The highest BCUT2D eigenvalue weighted by molar-refractivity contribution is 5.02. The fourth-order valence-corrected chi connectivity index (χ4v) is 3.61. The minimum atomic E-state index is -0.259. The molecule has 1 N–H and O–H groups in total. The van der Waals surface area contributed by atoms with Crippen LogP contribution in [0.2, 0.25) is 0 Å². The first kappa shape index (κ1) is 14.5. The molecule has 1 aromatic heterocycles. The van der Waals surface area contributed by atoms with Crippen LogP contribution in [0.4, 0.5) is 0 Å². The van der Waals surface area contributed by atoms with Crippen LogP contribution in [0.15, 0.2) is 15.7 Å². The third kappa shape index (κ3) is 2.82. The van der Waals surface area contributed by atoms with Gasteiger partial charge in [0.25, 0.3) is 5.56 Å². The Labute approximate surface area is 124 Å². The molecule has 0 spiro atoms. The van der Waals surface area contributed by atoms with Gasteiger partial charge in [-0.3, -0.25) is 13.9 Å². The van der Waals surface area contributed by atoms with Gasteiger partial charge in [-0.25, -0.2) is 4.79 Å². The van der Waals surface area contributed by atoms with Crippen molar-refractivity contribution in [1.82, 2.24) is 19.4 Å². The molecule has 0 amide bonds. The molecule has 0 aliphatic carbocycles. The Morgan fingerprint density at radius 2 is 2.00 bits per heavy atom. The SMILES string of the molecule is Cn1c(CNC2CCN3CCCC3C2)cc(=O)n(C)c1=O. The van der Waals surface area contributed by atoms with Gasteiger partial charge in [0.2, 0.25) is 0 Å². The molecule has 3 rings (SSSR count). The first-order chi connectivity index (χ1) is 10.1. The van der Waals surface area contributed by atoms with Gasteiger partial charge in [-0.1, -0.05) is 0 Å². The first-order valence-electron chi connectivity index (χ1n) is 7.79. The molecule has 6 nitrogen and oxygen atoms in total. The van der Waals surface area contributed by atoms with E-state index in [-0.39, 0.29) is 11.2 Å². The van der Waals surface area contributed by atoms with Gasteiger partial charge in [-0.2, -0.15) is 0 Å². The minimum absolute atomic E-state index is 0.236. The lowest BCUT2D eigenvalue weighted by molar-refractivity contribution is 0.166. The summed E-state index contributed by atoms with van der Waals surface area (Å²) in [7, 11) is 3.23. The van der Waals surface area contributed by atoms with E-state index in [9.17, 15) is 9.59 Å². The molecule has 0 radical (unpaired) electrons. The van der Waals surface area contributed by atoms with Crippen molar-refractivity contribution in [1.29, 1.82) is 0 Å². The Hall–Kier alpha value is -1.40. The van der Waals surface area contributed by atoms with Crippen LogP contribution in [0, 0.1) is 0 Å². The lowest BCUT2D eigenvalue weighted by Crippen LogP contribution is -2.46. The van der Waals surface area contributed by atoms with Crippen molar-refractivity contribution in [3.8, 4) is 0 Å². The van der Waals surface area contributed by atoms with Crippen LogP contribution in [0.3, 0.4) is 0 Å². The van der Waals surface area contributed by atoms with Gasteiger partial charge in [-0.05, 0) is 38.8 Å². The molecule has 0 aromatic carbocycles. The number of aromatic nitrogens is 2. The zero-order chi connectivity index (χ0) is 15.0. The summed E-state index contributed by atoms with van der Waals surface area (Å²) in [4.78, 5) is 26.2. The van der Waals surface area contributed by atoms with Gasteiger partial charge >= 0.3 is 5.69 Å². The maximum atomic E-state index is 11.9. The predicted molar refractivity (Wildman–Crippen MR) is 81.4 cm³/mol. The molecule has 2 atom stereocenters. The Morgan fingerprint density at radius 1 is 1.19 bits per heavy atom. The summed E-state index contributed by atoms with van der Waals surface area (Å²) >= 11 is 0. The third-order valence-electron chi connectivity index (χ3n) is 5.02. The third-order valence-corrected chi connectivity index (χ3v) is 5.02. The van der Waals surface area contributed by atoms with Crippen molar-refractivity contribution in [2.24, 2.45) is 14.1 Å². The van der Waals surface area contributed by atoms with Crippen LogP contribution in [0.1, 0.15) is 31.4 Å². The van der Waals surface area contributed by atoms with E-state index < -0.39 is 0 Å². The molecule has 2 saturated heterocycles. The monoisotopic (exact) mass is 292 g/mol. The summed E-state index contributed by atoms with van der Waals surface area (Å²) in [6, 6.07) is 2.77. The van der Waals surface area contributed by atoms with E-state index in [4.69, 9.17) is 0 Å². The Balaban J connectivity index is 1.66. The summed E-state index contributed by atoms with van der Waals surface area (Å²) in [6.45, 7) is 3.00. The van der Waals surface area contributed by atoms with E-state index in [1.165, 1.54) is 32.9 Å². The van der Waals surface area contributed by atoms with E-state index in [1.54, 1.807) is 17.7 Å². The van der Waals surface area contributed by atoms with Crippen molar-refractivity contribution in [2.45, 2.75) is 44.3 Å². The van der Waals surface area contributed by atoms with E-state index in [0.29, 0.717) is 12.6 Å². The molecule has 2 unspecified atom stereocenters. The summed E-state index contributed by atoms with van der Waals surface area (Å²) in [5, 5.41) is 3.53. The van der Waals surface area contributed by atoms with Gasteiger partial charge in [0.15, 0.2) is 0 Å². The number of nitrogens with zero attached hydrogens (tertiary/aromatic N) is 3. The number of hydrogen-bond acceptors (Lipinski definition) is 4. The zero-order valence-corrected chi connectivity index (χ0v) is 12.8. The molecule has 2 aliphatic heterocycles. The second-order valence-corrected chi connectivity index (χ2v) is 6.31. The molecular formula is C15H24N4O2. The van der Waals surface area contributed by atoms with Crippen molar-refractivity contribution >= 4 is 0 Å². The number of piperidine rings is 1. The minimum Gasteiger partial charge on any atom is -0.308 e. The fraction of sp³-hybridized carbons (Fsp3) is 0.733. The summed E-state index contributed by atoms with van der Waals surface area (Å²) < 4.78 is 2.69. The van der Waals surface area contributed by atoms with Crippen molar-refractivity contribution < 1.29 is 0 Å². The normalized spacial score (nSPS) is 26.0. The molecule has 0 bridgehead atoms. The Morgan fingerprint density at radius 3 is 2.81 bits per heavy atom. The average Bonchev–Trinajstić information content (AvgIpc) is 2.95. The highest BCUT2D eigenvalue weighted by Gasteiger charge is 2.31. The van der Waals surface area contributed by atoms with E-state index >= 15 is 0 Å². The molecule has 6 heteroatoms. The van der Waals surface area contributed by atoms with Crippen LogP contribution >= 0.6 is 0 Å². The molecule has 1 aromatic rings. The predicted octanol–water partition coefficient (Wildman–Crippen LogP) is -0.200.